The summed E-state index contributed by atoms with van der Waals surface area (Å²) in [4.78, 5) is 37.1. The molecule has 0 bridgehead atoms. The zero-order valence-electron chi connectivity index (χ0n) is 17.5. The predicted octanol–water partition coefficient (Wildman–Crippen LogP) is -0.358. The summed E-state index contributed by atoms with van der Waals surface area (Å²) < 4.78 is 10.1. The molecule has 1 aliphatic rings. The highest BCUT2D eigenvalue weighted by molar-refractivity contribution is 5.94. The molecule has 4 unspecified atom stereocenters. The first-order valence-electron chi connectivity index (χ1n) is 9.79. The minimum Gasteiger partial charge on any atom is -0.504 e. The maximum absolute atomic E-state index is 12.6. The van der Waals surface area contributed by atoms with Gasteiger partial charge in [-0.2, -0.15) is 0 Å². The maximum Gasteiger partial charge on any atom is 0.348 e. The molecular formula is C21H20O14. The number of carbonyl (C=O) groups is 3. The second kappa shape index (κ2) is 9.08. The zero-order chi connectivity index (χ0) is 26.2. The number of aromatic hydroxyl groups is 6. The number of phenolic OH excluding ortho intramolecular Hbond substituents is 6. The Labute approximate surface area is 195 Å². The number of carboxylic acid groups (broad SMARTS) is 1. The Bertz CT molecular complexity index is 1140. The van der Waals surface area contributed by atoms with Gasteiger partial charge in [-0.3, -0.25) is 0 Å². The second-order valence-corrected chi connectivity index (χ2v) is 7.83. The molecule has 0 saturated heterocycles. The number of hydrogen-bond donors (Lipinski definition) is 9. The molecule has 1 saturated carbocycles. The fourth-order valence-corrected chi connectivity index (χ4v) is 3.53. The molecule has 14 nitrogen and oxygen atoms in total. The predicted molar refractivity (Wildman–Crippen MR) is 109 cm³/mol. The van der Waals surface area contributed by atoms with E-state index >= 15 is 0 Å². The smallest absolute Gasteiger partial charge is 0.348 e. The van der Waals surface area contributed by atoms with E-state index in [1.807, 2.05) is 0 Å². The molecule has 2 aromatic rings. The van der Waals surface area contributed by atoms with E-state index in [0.29, 0.717) is 12.1 Å². The molecule has 0 radical (unpaired) electrons. The molecule has 0 aromatic heterocycles. The largest absolute Gasteiger partial charge is 0.504 e. The van der Waals surface area contributed by atoms with E-state index in [9.17, 15) is 60.3 Å². The number of carbonyl (C=O) groups excluding carboxylic acids is 2. The minimum atomic E-state index is -2.55. The minimum absolute atomic E-state index is 0.502. The normalized spacial score (nSPS) is 23.9. The number of aliphatic hydroxyl groups excluding tert-OH is 2. The monoisotopic (exact) mass is 496 g/mol. The summed E-state index contributed by atoms with van der Waals surface area (Å²) in [5.74, 6) is -9.93. The van der Waals surface area contributed by atoms with Crippen molar-refractivity contribution in [2.45, 2.75) is 36.8 Å². The Morgan fingerprint density at radius 3 is 1.60 bits per heavy atom. The number of esters is 2. The molecule has 0 aliphatic heterocycles. The molecule has 3 rings (SSSR count). The standard InChI is InChI=1S/C21H20O14/c22-9-1-7(2-10(23)15(9)27)18(30)34-14-6-21(20(32)33,5-13(26)17(14)29)35-19(31)8-3-11(24)16(28)12(25)4-8/h1-4,13-14,17,22-29H,5-6H2,(H,32,33). The summed E-state index contributed by atoms with van der Waals surface area (Å²) in [7, 11) is 0. The summed E-state index contributed by atoms with van der Waals surface area (Å²) >= 11 is 0. The van der Waals surface area contributed by atoms with Crippen LogP contribution in [0.3, 0.4) is 0 Å². The van der Waals surface area contributed by atoms with Crippen LogP contribution in [0.4, 0.5) is 0 Å². The third-order valence-corrected chi connectivity index (χ3v) is 5.39. The number of ether oxygens (including phenoxy) is 2. The van der Waals surface area contributed by atoms with Gasteiger partial charge in [-0.05, 0) is 24.3 Å². The summed E-state index contributed by atoms with van der Waals surface area (Å²) in [6.07, 6.45) is -7.15. The van der Waals surface area contributed by atoms with Crippen LogP contribution in [0.2, 0.25) is 0 Å². The van der Waals surface area contributed by atoms with E-state index < -0.39 is 100 Å². The van der Waals surface area contributed by atoms with Crippen molar-refractivity contribution >= 4 is 17.9 Å². The van der Waals surface area contributed by atoms with Gasteiger partial charge in [0.15, 0.2) is 34.5 Å². The van der Waals surface area contributed by atoms with E-state index in [1.165, 1.54) is 0 Å². The number of rotatable bonds is 5. The summed E-state index contributed by atoms with van der Waals surface area (Å²) in [6, 6.07) is 2.80. The van der Waals surface area contributed by atoms with Crippen LogP contribution in [0.1, 0.15) is 33.6 Å². The lowest BCUT2D eigenvalue weighted by Crippen LogP contribution is -2.59. The van der Waals surface area contributed by atoms with Gasteiger partial charge in [-0.1, -0.05) is 0 Å². The van der Waals surface area contributed by atoms with Gasteiger partial charge in [0, 0.05) is 12.8 Å². The van der Waals surface area contributed by atoms with Gasteiger partial charge >= 0.3 is 17.9 Å². The lowest BCUT2D eigenvalue weighted by Gasteiger charge is -2.41. The summed E-state index contributed by atoms with van der Waals surface area (Å²) in [6.45, 7) is 0. The molecule has 35 heavy (non-hydrogen) atoms. The molecule has 14 heteroatoms. The first-order valence-corrected chi connectivity index (χ1v) is 9.79. The lowest BCUT2D eigenvalue weighted by atomic mass is 9.79. The highest BCUT2D eigenvalue weighted by Gasteiger charge is 2.54. The average molecular weight is 496 g/mol. The molecule has 9 N–H and O–H groups in total. The molecule has 2 aromatic carbocycles. The summed E-state index contributed by atoms with van der Waals surface area (Å²) in [5, 5.41) is 87.3. The van der Waals surface area contributed by atoms with Gasteiger partial charge in [-0.25, -0.2) is 14.4 Å². The van der Waals surface area contributed by atoms with Gasteiger partial charge in [0.25, 0.3) is 0 Å². The Morgan fingerprint density at radius 2 is 1.17 bits per heavy atom. The average Bonchev–Trinajstić information content (AvgIpc) is 2.78. The quantitative estimate of drug-likeness (QED) is 0.189. The molecule has 0 spiro atoms. The molecule has 188 valence electrons. The highest BCUT2D eigenvalue weighted by atomic mass is 16.6. The van der Waals surface area contributed by atoms with E-state index in [-0.39, 0.29) is 0 Å². The van der Waals surface area contributed by atoms with Crippen molar-refractivity contribution in [3.8, 4) is 34.5 Å². The first kappa shape index (κ1) is 25.2. The van der Waals surface area contributed by atoms with E-state index in [1.54, 1.807) is 0 Å². The zero-order valence-corrected chi connectivity index (χ0v) is 17.5. The molecule has 1 fully saturated rings. The highest BCUT2D eigenvalue weighted by Crippen LogP contribution is 2.39. The maximum atomic E-state index is 12.6. The third-order valence-electron chi connectivity index (χ3n) is 5.39. The van der Waals surface area contributed by atoms with Crippen molar-refractivity contribution in [2.75, 3.05) is 0 Å². The van der Waals surface area contributed by atoms with Crippen molar-refractivity contribution < 1.29 is 69.8 Å². The molecule has 0 heterocycles. The number of carboxylic acids is 1. The Hall–Kier alpha value is -4.43. The first-order chi connectivity index (χ1) is 16.3. The van der Waals surface area contributed by atoms with Crippen LogP contribution in [-0.4, -0.2) is 87.8 Å². The van der Waals surface area contributed by atoms with Crippen molar-refractivity contribution in [2.24, 2.45) is 0 Å². The van der Waals surface area contributed by atoms with Crippen LogP contribution in [0.15, 0.2) is 24.3 Å². The van der Waals surface area contributed by atoms with Crippen LogP contribution in [0, 0.1) is 0 Å². The Morgan fingerprint density at radius 1 is 0.743 bits per heavy atom. The van der Waals surface area contributed by atoms with Crippen molar-refractivity contribution in [1.29, 1.82) is 0 Å². The molecule has 1 aliphatic carbocycles. The van der Waals surface area contributed by atoms with Crippen LogP contribution in [-0.2, 0) is 14.3 Å². The van der Waals surface area contributed by atoms with E-state index in [4.69, 9.17) is 9.47 Å². The van der Waals surface area contributed by atoms with Crippen molar-refractivity contribution in [3.05, 3.63) is 35.4 Å². The number of benzene rings is 2. The van der Waals surface area contributed by atoms with E-state index in [0.717, 1.165) is 12.1 Å². The lowest BCUT2D eigenvalue weighted by molar-refractivity contribution is -0.188. The number of aliphatic carboxylic acids is 1. The number of hydrogen-bond acceptors (Lipinski definition) is 13. The van der Waals surface area contributed by atoms with Crippen molar-refractivity contribution in [3.63, 3.8) is 0 Å². The fraction of sp³-hybridized carbons (Fsp3) is 0.286. The summed E-state index contributed by atoms with van der Waals surface area (Å²) in [5.41, 5.74) is -3.62. The molecular weight excluding hydrogens is 476 g/mol. The fourth-order valence-electron chi connectivity index (χ4n) is 3.53. The number of aliphatic hydroxyl groups is 2. The van der Waals surface area contributed by atoms with E-state index in [2.05, 4.69) is 0 Å². The topological polar surface area (TPSA) is 252 Å². The Kier molecular flexibility index (Phi) is 6.53. The van der Waals surface area contributed by atoms with Gasteiger partial charge in [0.2, 0.25) is 5.60 Å². The van der Waals surface area contributed by atoms with Crippen LogP contribution < -0.4 is 0 Å². The van der Waals surface area contributed by atoms with Gasteiger partial charge < -0.3 is 55.4 Å². The SMILES string of the molecule is O=C(OC1CC(OC(=O)c2cc(O)c(O)c(O)c2)(C(=O)O)CC(O)C1O)c1cc(O)c(O)c(O)c1. The van der Waals surface area contributed by atoms with Crippen LogP contribution in [0.5, 0.6) is 34.5 Å². The van der Waals surface area contributed by atoms with Gasteiger partial charge in [-0.15, -0.1) is 0 Å². The molecule has 4 atom stereocenters. The van der Waals surface area contributed by atoms with Gasteiger partial charge in [0.1, 0.15) is 12.2 Å². The molecule has 0 amide bonds. The third kappa shape index (κ3) is 4.78. The van der Waals surface area contributed by atoms with Crippen molar-refractivity contribution in [1.82, 2.24) is 0 Å². The Balaban J connectivity index is 1.88. The van der Waals surface area contributed by atoms with Crippen LogP contribution >= 0.6 is 0 Å². The number of phenols is 6. The second-order valence-electron chi connectivity index (χ2n) is 7.83. The van der Waals surface area contributed by atoms with Gasteiger partial charge in [0.05, 0.1) is 17.2 Å². The van der Waals surface area contributed by atoms with Crippen LogP contribution in [0.25, 0.3) is 0 Å².